The lowest BCUT2D eigenvalue weighted by molar-refractivity contribution is -0.142. The molecule has 0 spiro atoms. The number of primary amides is 1. The van der Waals surface area contributed by atoms with Gasteiger partial charge in [0.05, 0.1) is 38.9 Å². The average molecular weight is 1230 g/mol. The number of amides is 5. The zero-order valence-corrected chi connectivity index (χ0v) is 52.1. The van der Waals surface area contributed by atoms with Crippen LogP contribution < -0.4 is 32.7 Å². The molecule has 0 aliphatic carbocycles. The summed E-state index contributed by atoms with van der Waals surface area (Å²) in [6.07, 6.45) is 15.1. The molecule has 0 aliphatic heterocycles. The maximum Gasteiger partial charge on any atom is 0.326 e. The van der Waals surface area contributed by atoms with Gasteiger partial charge in [-0.05, 0) is 75.0 Å². The largest absolute Gasteiger partial charge is 0.508 e. The fourth-order valence-electron chi connectivity index (χ4n) is 9.72. The number of ketones is 3. The van der Waals surface area contributed by atoms with Gasteiger partial charge in [0.2, 0.25) is 29.5 Å². The van der Waals surface area contributed by atoms with Crippen LogP contribution in [0.5, 0.6) is 5.75 Å². The lowest BCUT2D eigenvalue weighted by Gasteiger charge is -2.28. The maximum atomic E-state index is 14.3. The van der Waals surface area contributed by atoms with Crippen molar-refractivity contribution in [3.05, 3.63) is 29.8 Å². The zero-order chi connectivity index (χ0) is 64.6. The second-order valence-electron chi connectivity index (χ2n) is 22.9. The lowest BCUT2D eigenvalue weighted by atomic mass is 9.77. The van der Waals surface area contributed by atoms with Crippen molar-refractivity contribution >= 4 is 64.7 Å². The molecule has 1 aromatic rings. The van der Waals surface area contributed by atoms with E-state index in [9.17, 15) is 58.2 Å². The molecule has 87 heavy (non-hydrogen) atoms. The van der Waals surface area contributed by atoms with Crippen LogP contribution in [0.15, 0.2) is 24.3 Å². The van der Waals surface area contributed by atoms with Gasteiger partial charge < -0.3 is 67.0 Å². The van der Waals surface area contributed by atoms with Crippen LogP contribution >= 0.6 is 0 Å². The molecule has 5 atom stereocenters. The summed E-state index contributed by atoms with van der Waals surface area (Å²) in [6, 6.07) is 3.88. The molecular formula is C63H105N7O17. The van der Waals surface area contributed by atoms with E-state index in [-0.39, 0.29) is 163 Å². The van der Waals surface area contributed by atoms with E-state index in [1.807, 2.05) is 13.8 Å². The van der Waals surface area contributed by atoms with Gasteiger partial charge in [-0.2, -0.15) is 0 Å². The molecular weight excluding hydrogens is 1130 g/mol. The third-order valence-electron chi connectivity index (χ3n) is 14.6. The summed E-state index contributed by atoms with van der Waals surface area (Å²) < 4.78 is 21.8. The molecule has 24 heteroatoms. The van der Waals surface area contributed by atoms with E-state index in [4.69, 9.17) is 40.9 Å². The first-order valence-electron chi connectivity index (χ1n) is 31.4. The van der Waals surface area contributed by atoms with E-state index in [1.165, 1.54) is 12.1 Å². The van der Waals surface area contributed by atoms with Gasteiger partial charge in [-0.15, -0.1) is 0 Å². The van der Waals surface area contributed by atoms with Gasteiger partial charge in [-0.25, -0.2) is 4.79 Å². The Balaban J connectivity index is 2.29. The highest BCUT2D eigenvalue weighted by Crippen LogP contribution is 2.28. The highest BCUT2D eigenvalue weighted by atomic mass is 16.5. The molecule has 1 rings (SSSR count). The molecule has 1 aromatic carbocycles. The lowest BCUT2D eigenvalue weighted by Crippen LogP contribution is -2.49. The number of Topliss-reactive ketones (excluding diaryl/α,β-unsaturated/α-hetero) is 3. The van der Waals surface area contributed by atoms with Gasteiger partial charge >= 0.3 is 11.9 Å². The number of nitrogens with two attached hydrogens (primary N) is 2. The number of unbranched alkanes of at least 4 members (excludes halogenated alkanes) is 12. The second kappa shape index (κ2) is 49.6. The van der Waals surface area contributed by atoms with Crippen LogP contribution in [0.2, 0.25) is 0 Å². The minimum absolute atomic E-state index is 0.000418. The monoisotopic (exact) mass is 1230 g/mol. The van der Waals surface area contributed by atoms with Crippen molar-refractivity contribution in [3.63, 3.8) is 0 Å². The second-order valence-corrected chi connectivity index (χ2v) is 22.9. The van der Waals surface area contributed by atoms with Crippen LogP contribution in [0.3, 0.4) is 0 Å². The number of rotatable bonds is 58. The van der Waals surface area contributed by atoms with Crippen molar-refractivity contribution in [2.75, 3.05) is 65.9 Å². The van der Waals surface area contributed by atoms with Gasteiger partial charge in [-0.3, -0.25) is 48.6 Å². The Hall–Kier alpha value is -6.37. The molecule has 0 saturated carbocycles. The first-order chi connectivity index (χ1) is 41.6. The molecule has 494 valence electrons. The number of ether oxygens (including phenoxy) is 4. The summed E-state index contributed by atoms with van der Waals surface area (Å²) in [4.78, 5) is 125. The molecule has 0 aromatic heterocycles. The molecule has 0 fully saturated rings. The number of carboxylic acids is 2. The number of carbonyl (C=O) groups excluding carboxylic acids is 8. The van der Waals surface area contributed by atoms with Crippen molar-refractivity contribution in [1.82, 2.24) is 21.3 Å². The Labute approximate surface area is 514 Å². The molecule has 5 amide bonds. The van der Waals surface area contributed by atoms with E-state index in [0.717, 1.165) is 64.2 Å². The Morgan fingerprint density at radius 1 is 0.517 bits per heavy atom. The molecule has 0 heterocycles. The summed E-state index contributed by atoms with van der Waals surface area (Å²) in [6.45, 7) is 6.84. The number of amidine groups is 1. The first kappa shape index (κ1) is 78.6. The van der Waals surface area contributed by atoms with Crippen molar-refractivity contribution in [1.29, 1.82) is 5.41 Å². The van der Waals surface area contributed by atoms with Crippen molar-refractivity contribution in [3.8, 4) is 5.75 Å². The number of hydrogen-bond acceptors (Lipinski definition) is 16. The quantitative estimate of drug-likeness (QED) is 0.0198. The molecule has 1 unspecified atom stereocenters. The smallest absolute Gasteiger partial charge is 0.326 e. The summed E-state index contributed by atoms with van der Waals surface area (Å²) in [5.74, 6) is -7.05. The highest BCUT2D eigenvalue weighted by molar-refractivity contribution is 5.94. The highest BCUT2D eigenvalue weighted by Gasteiger charge is 2.36. The zero-order valence-electron chi connectivity index (χ0n) is 52.1. The number of aliphatic carboxylic acids is 2. The molecule has 0 aliphatic rings. The summed E-state index contributed by atoms with van der Waals surface area (Å²) in [5.41, 5.74) is 11.9. The Bertz CT molecular complexity index is 2200. The number of carbonyl (C=O) groups is 10. The summed E-state index contributed by atoms with van der Waals surface area (Å²) >= 11 is 0. The van der Waals surface area contributed by atoms with Crippen LogP contribution in [-0.4, -0.2) is 158 Å². The van der Waals surface area contributed by atoms with Crippen molar-refractivity contribution in [2.45, 2.75) is 206 Å². The number of nitrogens with one attached hydrogen (secondary N) is 5. The van der Waals surface area contributed by atoms with Gasteiger partial charge in [0, 0.05) is 88.8 Å². The van der Waals surface area contributed by atoms with Crippen molar-refractivity contribution < 1.29 is 82.2 Å². The predicted octanol–water partition coefficient (Wildman–Crippen LogP) is 6.17. The van der Waals surface area contributed by atoms with E-state index < -0.39 is 53.6 Å². The minimum atomic E-state index is -1.21. The summed E-state index contributed by atoms with van der Waals surface area (Å²) in [7, 11) is 0. The topological polar surface area (TPSA) is 392 Å². The SMILES string of the molecule is CC(C)CC(=O)C[C@@H](CCCCNC(=O)COCCOCCCC(=O)COCCOCCNC(=O)CC[C@H](NC(=O)CCCCCCCCCCCCCC(=O)O)C(=O)O)C(=O)C(C)[C@@H](CCCCC(=N)N)C(=O)N[C@@H](Cc1ccc(O)cc1)C(N)=O. The van der Waals surface area contributed by atoms with Crippen LogP contribution in [-0.2, 0) is 73.3 Å². The van der Waals surface area contributed by atoms with Crippen LogP contribution in [0.4, 0.5) is 0 Å². The van der Waals surface area contributed by atoms with Gasteiger partial charge in [0.15, 0.2) is 5.78 Å². The molecule has 0 saturated heterocycles. The minimum Gasteiger partial charge on any atom is -0.508 e. The fourth-order valence-corrected chi connectivity index (χ4v) is 9.72. The van der Waals surface area contributed by atoms with E-state index in [2.05, 4.69) is 21.3 Å². The van der Waals surface area contributed by atoms with Gasteiger partial charge in [0.25, 0.3) is 0 Å². The van der Waals surface area contributed by atoms with Gasteiger partial charge in [0.1, 0.15) is 42.6 Å². The fraction of sp³-hybridized carbons (Fsp3) is 0.730. The Kier molecular flexibility index (Phi) is 44.8. The maximum absolute atomic E-state index is 14.3. The number of phenolic OH excluding ortho intramolecular Hbond substituents is 1. The first-order valence-corrected chi connectivity index (χ1v) is 31.4. The van der Waals surface area contributed by atoms with Crippen molar-refractivity contribution in [2.24, 2.45) is 35.1 Å². The number of phenols is 1. The summed E-state index contributed by atoms with van der Waals surface area (Å²) in [5, 5.41) is 46.2. The standard InChI is InChI=1S/C63H105N7O17/c1-45(2)40-51(73)42-48(60(79)46(3)52(22-15-16-23-55(64)65)62(81)70-54(61(66)80)41-47-26-28-49(71)29-27-47)20-17-18-32-67-58(76)44-87-39-36-84-34-19-21-50(72)43-86-38-37-85-35-33-68-56(74)31-30-53(63(82)83)69-57(75)24-13-11-9-7-5-4-6-8-10-12-14-25-59(77)78/h26-29,45-46,48,52-54,71H,4-25,30-44H2,1-3H3,(H3,64,65)(H2,66,80)(H,67,76)(H,68,74)(H,69,75)(H,70,81)(H,77,78)(H,82,83)/t46?,48-,52-,53+,54+/m1/s1. The average Bonchev–Trinajstić information content (AvgIpc) is 2.66. The Morgan fingerprint density at radius 3 is 1.68 bits per heavy atom. The molecule has 24 nitrogen and oxygen atoms in total. The van der Waals surface area contributed by atoms with E-state index in [1.54, 1.807) is 19.1 Å². The predicted molar refractivity (Wildman–Crippen MR) is 327 cm³/mol. The third kappa shape index (κ3) is 43.0. The number of aromatic hydroxyl groups is 1. The van der Waals surface area contributed by atoms with Crippen LogP contribution in [0.25, 0.3) is 0 Å². The van der Waals surface area contributed by atoms with Gasteiger partial charge in [-0.1, -0.05) is 104 Å². The molecule has 12 N–H and O–H groups in total. The molecule has 0 radical (unpaired) electrons. The molecule has 0 bridgehead atoms. The normalized spacial score (nSPS) is 13.0. The number of carboxylic acid groups (broad SMARTS) is 2. The Morgan fingerprint density at radius 2 is 1.08 bits per heavy atom. The number of hydrogen-bond donors (Lipinski definition) is 10. The van der Waals surface area contributed by atoms with E-state index >= 15 is 0 Å². The van der Waals surface area contributed by atoms with E-state index in [0.29, 0.717) is 70.1 Å². The van der Waals surface area contributed by atoms with Crippen LogP contribution in [0.1, 0.15) is 193 Å². The third-order valence-corrected chi connectivity index (χ3v) is 14.6. The van der Waals surface area contributed by atoms with Crippen LogP contribution in [0, 0.1) is 29.1 Å². The number of benzene rings is 1.